The van der Waals surface area contributed by atoms with Gasteiger partial charge in [0.05, 0.1) is 6.04 Å². The topological polar surface area (TPSA) is 89.9 Å². The molecule has 1 saturated carbocycles. The Labute approximate surface area is 165 Å². The standard InChI is InChI=1S/C22H29N3O3/c1-3-17(23)21(26)25-24-20-11-14(2)16-12-15-7-10-22(8-5-4-6-9-22)28-18(15)13-19(16)27-20/h11-13,17H,3-10,23H2,1-2H3,(H,25,26)/b24-20+. The highest BCUT2D eigenvalue weighted by molar-refractivity contribution is 5.83. The molecule has 28 heavy (non-hydrogen) atoms. The average molecular weight is 383 g/mol. The molecule has 0 bridgehead atoms. The molecule has 1 aromatic carbocycles. The van der Waals surface area contributed by atoms with E-state index >= 15 is 0 Å². The van der Waals surface area contributed by atoms with Crippen molar-refractivity contribution in [2.45, 2.75) is 76.9 Å². The quantitative estimate of drug-likeness (QED) is 0.795. The van der Waals surface area contributed by atoms with Crippen LogP contribution in [0.15, 0.2) is 27.7 Å². The Morgan fingerprint density at radius 3 is 2.79 bits per heavy atom. The molecule has 0 saturated heterocycles. The van der Waals surface area contributed by atoms with Crippen molar-refractivity contribution in [1.29, 1.82) is 0 Å². The third-order valence-corrected chi connectivity index (χ3v) is 6.14. The second kappa shape index (κ2) is 7.59. The van der Waals surface area contributed by atoms with E-state index in [-0.39, 0.29) is 11.5 Å². The molecular formula is C22H29N3O3. The van der Waals surface area contributed by atoms with Gasteiger partial charge in [0.1, 0.15) is 16.9 Å². The molecule has 1 amide bonds. The predicted octanol–water partition coefficient (Wildman–Crippen LogP) is 3.44. The zero-order chi connectivity index (χ0) is 19.7. The maximum absolute atomic E-state index is 11.9. The van der Waals surface area contributed by atoms with Gasteiger partial charge in [-0.3, -0.25) is 4.79 Å². The van der Waals surface area contributed by atoms with Gasteiger partial charge in [0, 0.05) is 17.5 Å². The lowest BCUT2D eigenvalue weighted by Gasteiger charge is -2.41. The normalized spacial score (nSPS) is 19.9. The number of ether oxygens (including phenoxy) is 1. The maximum atomic E-state index is 11.9. The van der Waals surface area contributed by atoms with Crippen LogP contribution >= 0.6 is 0 Å². The van der Waals surface area contributed by atoms with E-state index in [0.29, 0.717) is 12.0 Å². The number of benzene rings is 1. The highest BCUT2D eigenvalue weighted by Crippen LogP contribution is 2.43. The number of nitrogens with one attached hydrogen (secondary N) is 1. The minimum absolute atomic E-state index is 0.000221. The third kappa shape index (κ3) is 3.65. The lowest BCUT2D eigenvalue weighted by Crippen LogP contribution is -2.41. The molecule has 2 aromatic rings. The largest absolute Gasteiger partial charge is 0.487 e. The number of hydrogen-bond acceptors (Lipinski definition) is 5. The van der Waals surface area contributed by atoms with Gasteiger partial charge in [-0.25, -0.2) is 5.43 Å². The molecule has 4 rings (SSSR count). The summed E-state index contributed by atoms with van der Waals surface area (Å²) in [5.74, 6) is 0.612. The number of amides is 1. The summed E-state index contributed by atoms with van der Waals surface area (Å²) in [6.45, 7) is 3.88. The van der Waals surface area contributed by atoms with Crippen molar-refractivity contribution in [2.24, 2.45) is 10.8 Å². The summed E-state index contributed by atoms with van der Waals surface area (Å²) >= 11 is 0. The van der Waals surface area contributed by atoms with E-state index in [4.69, 9.17) is 14.9 Å². The average Bonchev–Trinajstić information content (AvgIpc) is 2.70. The summed E-state index contributed by atoms with van der Waals surface area (Å²) in [4.78, 5) is 11.9. The maximum Gasteiger partial charge on any atom is 0.257 e. The Hall–Kier alpha value is -2.34. The molecule has 1 aliphatic carbocycles. The van der Waals surface area contributed by atoms with E-state index < -0.39 is 6.04 Å². The van der Waals surface area contributed by atoms with Crippen molar-refractivity contribution in [3.8, 4) is 5.75 Å². The van der Waals surface area contributed by atoms with Gasteiger partial charge >= 0.3 is 0 Å². The summed E-state index contributed by atoms with van der Waals surface area (Å²) in [6, 6.07) is 5.43. The highest BCUT2D eigenvalue weighted by Gasteiger charge is 2.37. The van der Waals surface area contributed by atoms with Crippen molar-refractivity contribution in [2.75, 3.05) is 0 Å². The fourth-order valence-corrected chi connectivity index (χ4v) is 4.32. The molecule has 6 nitrogen and oxygen atoms in total. The van der Waals surface area contributed by atoms with Crippen LogP contribution in [0, 0.1) is 6.92 Å². The monoisotopic (exact) mass is 383 g/mol. The molecule has 1 aromatic heterocycles. The van der Waals surface area contributed by atoms with E-state index in [1.54, 1.807) is 0 Å². The summed E-state index contributed by atoms with van der Waals surface area (Å²) < 4.78 is 12.5. The molecule has 3 N–H and O–H groups in total. The van der Waals surface area contributed by atoms with Crippen molar-refractivity contribution < 1.29 is 13.9 Å². The second-order valence-corrected chi connectivity index (χ2v) is 8.17. The minimum atomic E-state index is -0.572. The molecule has 2 heterocycles. The van der Waals surface area contributed by atoms with E-state index in [1.807, 2.05) is 26.0 Å². The summed E-state index contributed by atoms with van der Waals surface area (Å²) in [6.07, 6.45) is 8.77. The van der Waals surface area contributed by atoms with Crippen LogP contribution < -0.4 is 21.5 Å². The molecule has 6 heteroatoms. The molecule has 0 radical (unpaired) electrons. The number of nitrogens with two attached hydrogens (primary N) is 1. The molecule has 1 aliphatic heterocycles. The molecule has 150 valence electrons. The lowest BCUT2D eigenvalue weighted by atomic mass is 9.79. The third-order valence-electron chi connectivity index (χ3n) is 6.14. The number of aryl methyl sites for hydroxylation is 2. The number of fused-ring (bicyclic) bond motifs is 2. The highest BCUT2D eigenvalue weighted by atomic mass is 16.5. The van der Waals surface area contributed by atoms with E-state index in [9.17, 15) is 4.79 Å². The van der Waals surface area contributed by atoms with Gasteiger partial charge in [-0.05, 0) is 69.1 Å². The molecule has 1 spiro atoms. The SMILES string of the molecule is CCC(N)C(=O)N/N=c1\cc(C)c2cc3c(cc2o1)OC1(CCCCC1)CC3. The zero-order valence-corrected chi connectivity index (χ0v) is 16.7. The van der Waals surface area contributed by atoms with Crippen molar-refractivity contribution in [3.63, 3.8) is 0 Å². The molecular weight excluding hydrogens is 354 g/mol. The first-order valence-electron chi connectivity index (χ1n) is 10.4. The summed E-state index contributed by atoms with van der Waals surface area (Å²) in [7, 11) is 0. The van der Waals surface area contributed by atoms with Crippen LogP contribution in [0.5, 0.6) is 5.75 Å². The Balaban J connectivity index is 1.67. The van der Waals surface area contributed by atoms with Gasteiger partial charge in [0.2, 0.25) is 5.55 Å². The molecule has 1 unspecified atom stereocenters. The summed E-state index contributed by atoms with van der Waals surface area (Å²) in [5.41, 5.74) is 11.6. The number of carbonyl (C=O) groups excluding carboxylic acids is 1. The van der Waals surface area contributed by atoms with Gasteiger partial charge < -0.3 is 14.9 Å². The fraction of sp³-hybridized carbons (Fsp3) is 0.545. The van der Waals surface area contributed by atoms with Crippen LogP contribution in [0.4, 0.5) is 0 Å². The van der Waals surface area contributed by atoms with Crippen molar-refractivity contribution in [1.82, 2.24) is 5.43 Å². The Bertz CT molecular complexity index is 957. The molecule has 2 aliphatic rings. The fourth-order valence-electron chi connectivity index (χ4n) is 4.32. The summed E-state index contributed by atoms with van der Waals surface area (Å²) in [5, 5.41) is 5.15. The second-order valence-electron chi connectivity index (χ2n) is 8.17. The van der Waals surface area contributed by atoms with E-state index in [1.165, 1.54) is 24.8 Å². The first-order valence-corrected chi connectivity index (χ1v) is 10.4. The Kier molecular flexibility index (Phi) is 5.15. The van der Waals surface area contributed by atoms with Gasteiger partial charge in [-0.1, -0.05) is 13.3 Å². The minimum Gasteiger partial charge on any atom is -0.487 e. The number of hydrogen-bond donors (Lipinski definition) is 2. The molecule has 1 fully saturated rings. The number of nitrogens with zero attached hydrogens (tertiary/aromatic N) is 1. The van der Waals surface area contributed by atoms with Crippen LogP contribution in [0.2, 0.25) is 0 Å². The predicted molar refractivity (Wildman–Crippen MR) is 108 cm³/mol. The van der Waals surface area contributed by atoms with E-state index in [2.05, 4.69) is 16.6 Å². The van der Waals surface area contributed by atoms with Gasteiger partial charge in [-0.15, -0.1) is 5.10 Å². The first-order chi connectivity index (χ1) is 13.5. The Morgan fingerprint density at radius 2 is 2.04 bits per heavy atom. The smallest absolute Gasteiger partial charge is 0.257 e. The van der Waals surface area contributed by atoms with E-state index in [0.717, 1.165) is 48.0 Å². The van der Waals surface area contributed by atoms with Crippen molar-refractivity contribution >= 4 is 16.9 Å². The van der Waals surface area contributed by atoms with Crippen LogP contribution in [0.3, 0.4) is 0 Å². The van der Waals surface area contributed by atoms with Crippen LogP contribution in [-0.4, -0.2) is 17.6 Å². The lowest BCUT2D eigenvalue weighted by molar-refractivity contribution is -0.122. The zero-order valence-electron chi connectivity index (χ0n) is 16.7. The Morgan fingerprint density at radius 1 is 1.25 bits per heavy atom. The number of carbonyl (C=O) groups is 1. The first kappa shape index (κ1) is 19.0. The van der Waals surface area contributed by atoms with Crippen molar-refractivity contribution in [3.05, 3.63) is 34.9 Å². The van der Waals surface area contributed by atoms with Crippen LogP contribution in [-0.2, 0) is 11.2 Å². The molecule has 1 atom stereocenters. The van der Waals surface area contributed by atoms with Gasteiger partial charge in [-0.2, -0.15) is 0 Å². The van der Waals surface area contributed by atoms with Gasteiger partial charge in [0.25, 0.3) is 5.91 Å². The number of rotatable bonds is 3. The van der Waals surface area contributed by atoms with Crippen LogP contribution in [0.1, 0.15) is 63.0 Å². The van der Waals surface area contributed by atoms with Gasteiger partial charge in [0.15, 0.2) is 0 Å². The van der Waals surface area contributed by atoms with Crippen LogP contribution in [0.25, 0.3) is 11.0 Å².